The summed E-state index contributed by atoms with van der Waals surface area (Å²) in [7, 11) is 0. The Morgan fingerprint density at radius 1 is 1.03 bits per heavy atom. The number of hydrogen-bond donors (Lipinski definition) is 1. The summed E-state index contributed by atoms with van der Waals surface area (Å²) in [6, 6.07) is 9.27. The van der Waals surface area contributed by atoms with E-state index in [9.17, 15) is 9.59 Å². The summed E-state index contributed by atoms with van der Waals surface area (Å²) >= 11 is 6.23. The first-order chi connectivity index (χ1) is 18.7. The minimum Gasteiger partial charge on any atom is -0.444 e. The highest BCUT2D eigenvalue weighted by Gasteiger charge is 2.61. The number of piperazine rings is 1. The van der Waals surface area contributed by atoms with Gasteiger partial charge in [0.15, 0.2) is 0 Å². The number of aromatic nitrogens is 3. The number of amides is 2. The molecule has 0 bridgehead atoms. The van der Waals surface area contributed by atoms with Crippen LogP contribution in [0.1, 0.15) is 51.5 Å². The Kier molecular flexibility index (Phi) is 6.44. The zero-order chi connectivity index (χ0) is 27.4. The van der Waals surface area contributed by atoms with E-state index in [-0.39, 0.29) is 23.5 Å². The highest BCUT2D eigenvalue weighted by atomic mass is 35.5. The average Bonchev–Trinajstić information content (AvgIpc) is 3.35. The van der Waals surface area contributed by atoms with Gasteiger partial charge in [-0.05, 0) is 69.2 Å². The normalized spacial score (nSPS) is 21.4. The molecule has 39 heavy (non-hydrogen) atoms. The number of fused-ring (bicyclic) bond motifs is 1. The summed E-state index contributed by atoms with van der Waals surface area (Å²) in [5.41, 5.74) is 1.05. The summed E-state index contributed by atoms with van der Waals surface area (Å²) in [5.74, 6) is 0.450. The monoisotopic (exact) mass is 550 g/mol. The van der Waals surface area contributed by atoms with Crippen LogP contribution in [0.5, 0.6) is 0 Å². The summed E-state index contributed by atoms with van der Waals surface area (Å²) in [6.07, 6.45) is 6.02. The van der Waals surface area contributed by atoms with E-state index in [2.05, 4.69) is 19.9 Å². The van der Waals surface area contributed by atoms with Crippen molar-refractivity contribution >= 4 is 40.5 Å². The minimum atomic E-state index is -0.608. The average molecular weight is 551 g/mol. The third-order valence-corrected chi connectivity index (χ3v) is 8.62. The van der Waals surface area contributed by atoms with E-state index in [4.69, 9.17) is 16.3 Å². The molecule has 0 radical (unpaired) electrons. The minimum absolute atomic E-state index is 0.0421. The van der Waals surface area contributed by atoms with E-state index in [1.807, 2.05) is 67.1 Å². The van der Waals surface area contributed by atoms with Gasteiger partial charge < -0.3 is 24.4 Å². The van der Waals surface area contributed by atoms with Crippen molar-refractivity contribution in [3.8, 4) is 0 Å². The molecule has 2 aliphatic heterocycles. The molecule has 2 amide bonds. The molecule has 206 valence electrons. The smallest absolute Gasteiger partial charge is 0.410 e. The fourth-order valence-electron chi connectivity index (χ4n) is 6.30. The predicted molar refractivity (Wildman–Crippen MR) is 150 cm³/mol. The quantitative estimate of drug-likeness (QED) is 0.500. The Labute approximate surface area is 233 Å². The van der Waals surface area contributed by atoms with E-state index in [0.29, 0.717) is 37.7 Å². The molecule has 3 fully saturated rings. The molecular weight excluding hydrogens is 516 g/mol. The van der Waals surface area contributed by atoms with E-state index in [1.165, 1.54) is 0 Å². The Hall–Kier alpha value is -3.33. The maximum Gasteiger partial charge on any atom is 0.410 e. The fourth-order valence-corrected chi connectivity index (χ4v) is 6.43. The highest BCUT2D eigenvalue weighted by Crippen LogP contribution is 2.60. The molecule has 1 spiro atoms. The van der Waals surface area contributed by atoms with Gasteiger partial charge in [-0.3, -0.25) is 4.79 Å². The number of carbonyl (C=O) groups excluding carboxylic acids is 2. The Morgan fingerprint density at radius 2 is 1.74 bits per heavy atom. The van der Waals surface area contributed by atoms with Gasteiger partial charge in [-0.25, -0.2) is 14.8 Å². The molecule has 9 nitrogen and oxygen atoms in total. The van der Waals surface area contributed by atoms with Crippen LogP contribution in [-0.2, 0) is 9.53 Å². The lowest BCUT2D eigenvalue weighted by molar-refractivity contribution is -0.135. The largest absolute Gasteiger partial charge is 0.444 e. The number of nitrogens with one attached hydrogen (secondary N) is 1. The molecule has 0 unspecified atom stereocenters. The number of rotatable bonds is 4. The van der Waals surface area contributed by atoms with Crippen molar-refractivity contribution in [3.63, 3.8) is 0 Å². The maximum atomic E-state index is 14.4. The topological polar surface area (TPSA) is 94.7 Å². The van der Waals surface area contributed by atoms with Crippen LogP contribution in [0, 0.1) is 5.41 Å². The van der Waals surface area contributed by atoms with Gasteiger partial charge in [0, 0.05) is 43.9 Å². The molecule has 1 aromatic carbocycles. The first-order valence-electron chi connectivity index (χ1n) is 13.7. The molecule has 4 heterocycles. The van der Waals surface area contributed by atoms with Crippen LogP contribution >= 0.6 is 11.6 Å². The van der Waals surface area contributed by atoms with Crippen molar-refractivity contribution in [1.29, 1.82) is 0 Å². The second-order valence-corrected chi connectivity index (χ2v) is 12.4. The van der Waals surface area contributed by atoms with E-state index in [0.717, 1.165) is 41.7 Å². The second-order valence-electron chi connectivity index (χ2n) is 12.0. The number of aromatic amines is 1. The molecule has 1 saturated carbocycles. The van der Waals surface area contributed by atoms with Crippen molar-refractivity contribution < 1.29 is 14.3 Å². The van der Waals surface area contributed by atoms with Crippen LogP contribution in [0.25, 0.3) is 11.0 Å². The van der Waals surface area contributed by atoms with Crippen LogP contribution in [0.15, 0.2) is 42.9 Å². The molecule has 10 heteroatoms. The van der Waals surface area contributed by atoms with Crippen molar-refractivity contribution in [1.82, 2.24) is 24.8 Å². The van der Waals surface area contributed by atoms with Crippen LogP contribution in [0.4, 0.5) is 10.6 Å². The predicted octanol–water partition coefficient (Wildman–Crippen LogP) is 4.83. The number of benzene rings is 1. The van der Waals surface area contributed by atoms with E-state index < -0.39 is 11.5 Å². The standard InChI is InChI=1S/C29H35ClN6O3/c1-28(2,3)39-27(38)36-13-11-29(9-10-29)23(36)22(19-4-6-20(30)7-5-19)26(37)35-16-14-34(15-17-35)25-21-8-12-31-24(21)32-18-33-25/h4-8,12,18,22-23H,9-11,13-17H2,1-3H3,(H,31,32,33)/t22-,23+/m0/s1. The zero-order valence-electron chi connectivity index (χ0n) is 22.7. The number of halogens is 1. The lowest BCUT2D eigenvalue weighted by Gasteiger charge is -2.41. The molecule has 6 rings (SSSR count). The van der Waals surface area contributed by atoms with Gasteiger partial charge in [0.1, 0.15) is 23.4 Å². The van der Waals surface area contributed by atoms with Gasteiger partial charge in [-0.2, -0.15) is 0 Å². The third-order valence-electron chi connectivity index (χ3n) is 8.37. The number of nitrogens with zero attached hydrogens (tertiary/aromatic N) is 5. The summed E-state index contributed by atoms with van der Waals surface area (Å²) in [4.78, 5) is 45.8. The zero-order valence-corrected chi connectivity index (χ0v) is 23.4. The summed E-state index contributed by atoms with van der Waals surface area (Å²) in [5, 5.41) is 1.60. The molecule has 3 aromatic rings. The van der Waals surface area contributed by atoms with Gasteiger partial charge in [-0.15, -0.1) is 0 Å². The van der Waals surface area contributed by atoms with Crippen LogP contribution in [0.2, 0.25) is 5.02 Å². The number of ether oxygens (including phenoxy) is 1. The van der Waals surface area contributed by atoms with Gasteiger partial charge in [0.2, 0.25) is 5.91 Å². The Morgan fingerprint density at radius 3 is 2.41 bits per heavy atom. The van der Waals surface area contributed by atoms with Crippen LogP contribution < -0.4 is 4.90 Å². The van der Waals surface area contributed by atoms with Gasteiger partial charge >= 0.3 is 6.09 Å². The second kappa shape index (κ2) is 9.70. The molecule has 1 aliphatic carbocycles. The SMILES string of the molecule is CC(C)(C)OC(=O)N1CCC2(CC2)[C@H]1[C@@H](C(=O)N1CCN(c2ncnc3[nH]ccc23)CC1)c1ccc(Cl)cc1. The molecule has 2 saturated heterocycles. The molecule has 2 aromatic heterocycles. The first kappa shape index (κ1) is 25.9. The number of carbonyl (C=O) groups is 2. The Balaban J connectivity index is 1.28. The van der Waals surface area contributed by atoms with Gasteiger partial charge in [0.25, 0.3) is 0 Å². The van der Waals surface area contributed by atoms with Crippen molar-refractivity contribution in [3.05, 3.63) is 53.4 Å². The number of anilines is 1. The Bertz CT molecular complexity index is 1370. The van der Waals surface area contributed by atoms with E-state index >= 15 is 0 Å². The van der Waals surface area contributed by atoms with Gasteiger partial charge in [0.05, 0.1) is 17.3 Å². The molecule has 3 aliphatic rings. The summed E-state index contributed by atoms with van der Waals surface area (Å²) in [6.45, 7) is 8.72. The summed E-state index contributed by atoms with van der Waals surface area (Å²) < 4.78 is 5.81. The van der Waals surface area contributed by atoms with Crippen molar-refractivity contribution in [2.45, 2.75) is 57.6 Å². The third kappa shape index (κ3) is 4.93. The fraction of sp³-hybridized carbons (Fsp3) is 0.517. The molecular formula is C29H35ClN6O3. The molecule has 2 atom stereocenters. The van der Waals surface area contributed by atoms with Gasteiger partial charge in [-0.1, -0.05) is 23.7 Å². The lowest BCUT2D eigenvalue weighted by atomic mass is 9.81. The highest BCUT2D eigenvalue weighted by molar-refractivity contribution is 6.30. The lowest BCUT2D eigenvalue weighted by Crippen LogP contribution is -2.54. The maximum absolute atomic E-state index is 14.4. The van der Waals surface area contributed by atoms with Crippen LogP contribution in [0.3, 0.4) is 0 Å². The number of hydrogen-bond acceptors (Lipinski definition) is 6. The van der Waals surface area contributed by atoms with E-state index in [1.54, 1.807) is 6.33 Å². The number of H-pyrrole nitrogens is 1. The first-order valence-corrected chi connectivity index (χ1v) is 14.1. The van der Waals surface area contributed by atoms with Crippen molar-refractivity contribution in [2.75, 3.05) is 37.6 Å². The number of likely N-dealkylation sites (tertiary alicyclic amines) is 1. The molecule has 1 N–H and O–H groups in total. The van der Waals surface area contributed by atoms with Crippen LogP contribution in [-0.4, -0.2) is 81.1 Å². The van der Waals surface area contributed by atoms with Crippen molar-refractivity contribution in [2.24, 2.45) is 5.41 Å².